The average Bonchev–Trinajstić information content (AvgIpc) is 2.96. The third-order valence-electron chi connectivity index (χ3n) is 4.62. The molecule has 144 valence electrons. The molecule has 3 rings (SSSR count). The Morgan fingerprint density at radius 3 is 2.54 bits per heavy atom. The molecule has 28 heavy (non-hydrogen) atoms. The number of H-pyrrole nitrogens is 1. The fourth-order valence-electron chi connectivity index (χ4n) is 2.92. The standard InChI is InChI=1S/C21H22N4O3/c1-12-8-9-17(10-13(12)2)25-21(28)19(15(4)24-25)14(3)22-23-20(27)16-6-5-7-18(26)11-16/h5-11,24,26H,1-4H3,(H,23,27)/b22-14+. The Kier molecular flexibility index (Phi) is 5.17. The van der Waals surface area contributed by atoms with Gasteiger partial charge in [-0.1, -0.05) is 12.1 Å². The number of aromatic amines is 1. The Labute approximate surface area is 162 Å². The van der Waals surface area contributed by atoms with E-state index >= 15 is 0 Å². The molecule has 0 bridgehead atoms. The maximum atomic E-state index is 12.9. The van der Waals surface area contributed by atoms with Crippen LogP contribution < -0.4 is 11.0 Å². The number of carbonyl (C=O) groups is 1. The van der Waals surface area contributed by atoms with Crippen LogP contribution >= 0.6 is 0 Å². The van der Waals surface area contributed by atoms with Crippen molar-refractivity contribution in [3.05, 3.63) is 80.8 Å². The van der Waals surface area contributed by atoms with Crippen molar-refractivity contribution in [3.8, 4) is 11.4 Å². The third kappa shape index (κ3) is 3.73. The number of nitrogens with one attached hydrogen (secondary N) is 2. The first-order valence-corrected chi connectivity index (χ1v) is 8.81. The summed E-state index contributed by atoms with van der Waals surface area (Å²) in [5.41, 5.74) is 6.85. The first-order chi connectivity index (χ1) is 13.3. The summed E-state index contributed by atoms with van der Waals surface area (Å²) in [6.07, 6.45) is 0. The van der Waals surface area contributed by atoms with Gasteiger partial charge in [-0.3, -0.25) is 14.7 Å². The van der Waals surface area contributed by atoms with Gasteiger partial charge in [0.2, 0.25) is 0 Å². The minimum Gasteiger partial charge on any atom is -0.508 e. The molecule has 3 aromatic rings. The van der Waals surface area contributed by atoms with Gasteiger partial charge in [0.25, 0.3) is 11.5 Å². The Hall–Kier alpha value is -3.61. The van der Waals surface area contributed by atoms with E-state index < -0.39 is 5.91 Å². The summed E-state index contributed by atoms with van der Waals surface area (Å²) in [4.78, 5) is 25.1. The first kappa shape index (κ1) is 19.2. The third-order valence-corrected chi connectivity index (χ3v) is 4.62. The number of rotatable bonds is 4. The van der Waals surface area contributed by atoms with E-state index in [1.165, 1.54) is 16.8 Å². The summed E-state index contributed by atoms with van der Waals surface area (Å²) in [5, 5.41) is 16.6. The molecule has 7 nitrogen and oxygen atoms in total. The van der Waals surface area contributed by atoms with Gasteiger partial charge in [-0.05, 0) is 69.2 Å². The molecule has 0 aliphatic heterocycles. The highest BCUT2D eigenvalue weighted by Crippen LogP contribution is 2.14. The van der Waals surface area contributed by atoms with Crippen molar-refractivity contribution in [2.45, 2.75) is 27.7 Å². The number of aryl methyl sites for hydroxylation is 3. The van der Waals surface area contributed by atoms with Crippen LogP contribution in [0.3, 0.4) is 0 Å². The largest absolute Gasteiger partial charge is 0.508 e. The molecular weight excluding hydrogens is 356 g/mol. The van der Waals surface area contributed by atoms with E-state index in [2.05, 4.69) is 15.6 Å². The molecule has 2 aromatic carbocycles. The van der Waals surface area contributed by atoms with Gasteiger partial charge in [0.05, 0.1) is 17.0 Å². The lowest BCUT2D eigenvalue weighted by molar-refractivity contribution is 0.0954. The predicted octanol–water partition coefficient (Wildman–Crippen LogP) is 2.95. The van der Waals surface area contributed by atoms with Crippen LogP contribution in [0.4, 0.5) is 0 Å². The lowest BCUT2D eigenvalue weighted by Crippen LogP contribution is -2.23. The van der Waals surface area contributed by atoms with Crippen molar-refractivity contribution >= 4 is 11.6 Å². The van der Waals surface area contributed by atoms with E-state index in [0.717, 1.165) is 16.8 Å². The van der Waals surface area contributed by atoms with E-state index in [-0.39, 0.29) is 16.9 Å². The van der Waals surface area contributed by atoms with Gasteiger partial charge in [-0.25, -0.2) is 10.1 Å². The first-order valence-electron chi connectivity index (χ1n) is 8.81. The van der Waals surface area contributed by atoms with Crippen LogP contribution in [-0.4, -0.2) is 26.5 Å². The number of hydrogen-bond acceptors (Lipinski definition) is 4. The Morgan fingerprint density at radius 2 is 1.86 bits per heavy atom. The molecule has 0 spiro atoms. The van der Waals surface area contributed by atoms with E-state index in [1.54, 1.807) is 26.0 Å². The minimum atomic E-state index is -0.474. The second-order valence-electron chi connectivity index (χ2n) is 6.71. The second-order valence-corrected chi connectivity index (χ2v) is 6.71. The molecule has 0 aliphatic rings. The maximum absolute atomic E-state index is 12.9. The van der Waals surface area contributed by atoms with Crippen LogP contribution in [0, 0.1) is 20.8 Å². The van der Waals surface area contributed by atoms with Gasteiger partial charge in [0, 0.05) is 11.3 Å². The van der Waals surface area contributed by atoms with Crippen molar-refractivity contribution in [3.63, 3.8) is 0 Å². The van der Waals surface area contributed by atoms with Gasteiger partial charge < -0.3 is 5.11 Å². The number of aromatic nitrogens is 2. The van der Waals surface area contributed by atoms with Crippen LogP contribution in [0.2, 0.25) is 0 Å². The quantitative estimate of drug-likeness (QED) is 0.481. The highest BCUT2D eigenvalue weighted by molar-refractivity contribution is 6.01. The number of phenols is 1. The molecule has 0 fully saturated rings. The lowest BCUT2D eigenvalue weighted by Gasteiger charge is -2.05. The Bertz CT molecular complexity index is 1140. The topological polar surface area (TPSA) is 99.5 Å². The van der Waals surface area contributed by atoms with Crippen molar-refractivity contribution in [2.24, 2.45) is 5.10 Å². The summed E-state index contributed by atoms with van der Waals surface area (Å²) >= 11 is 0. The molecule has 1 amide bonds. The molecule has 1 aromatic heterocycles. The fourth-order valence-corrected chi connectivity index (χ4v) is 2.92. The lowest BCUT2D eigenvalue weighted by atomic mass is 10.1. The normalized spacial score (nSPS) is 11.5. The number of aromatic hydroxyl groups is 1. The molecule has 0 unspecified atom stereocenters. The van der Waals surface area contributed by atoms with E-state index in [9.17, 15) is 14.7 Å². The van der Waals surface area contributed by atoms with Gasteiger partial charge in [-0.15, -0.1) is 0 Å². The van der Waals surface area contributed by atoms with Crippen molar-refractivity contribution in [1.82, 2.24) is 15.2 Å². The maximum Gasteiger partial charge on any atom is 0.280 e. The van der Waals surface area contributed by atoms with E-state index in [1.807, 2.05) is 32.0 Å². The van der Waals surface area contributed by atoms with Crippen LogP contribution in [-0.2, 0) is 0 Å². The Morgan fingerprint density at radius 1 is 1.11 bits per heavy atom. The SMILES string of the molecule is C/C(=N\NC(=O)c1cccc(O)c1)c1c(C)[nH]n(-c2ccc(C)c(C)c2)c1=O. The van der Waals surface area contributed by atoms with Crippen LogP contribution in [0.5, 0.6) is 5.75 Å². The summed E-state index contributed by atoms with van der Waals surface area (Å²) in [6.45, 7) is 7.44. The van der Waals surface area contributed by atoms with Gasteiger partial charge in [-0.2, -0.15) is 5.10 Å². The van der Waals surface area contributed by atoms with Gasteiger partial charge in [0.15, 0.2) is 0 Å². The van der Waals surface area contributed by atoms with Crippen molar-refractivity contribution in [2.75, 3.05) is 0 Å². The number of carbonyl (C=O) groups excluding carboxylic acids is 1. The number of hydrazone groups is 1. The number of hydrogen-bond donors (Lipinski definition) is 3. The fraction of sp³-hybridized carbons (Fsp3) is 0.190. The monoisotopic (exact) mass is 378 g/mol. The molecule has 1 heterocycles. The highest BCUT2D eigenvalue weighted by Gasteiger charge is 2.16. The molecule has 0 atom stereocenters. The molecule has 3 N–H and O–H groups in total. The minimum absolute atomic E-state index is 0.00823. The number of amides is 1. The van der Waals surface area contributed by atoms with E-state index in [0.29, 0.717) is 17.0 Å². The predicted molar refractivity (Wildman–Crippen MR) is 108 cm³/mol. The van der Waals surface area contributed by atoms with Crippen molar-refractivity contribution in [1.29, 1.82) is 0 Å². The van der Waals surface area contributed by atoms with Gasteiger partial charge >= 0.3 is 0 Å². The molecule has 0 aliphatic carbocycles. The Balaban J connectivity index is 1.90. The summed E-state index contributed by atoms with van der Waals surface area (Å²) in [5.74, 6) is -0.482. The number of nitrogens with zero attached hydrogens (tertiary/aromatic N) is 2. The van der Waals surface area contributed by atoms with Crippen LogP contribution in [0.15, 0.2) is 52.4 Å². The number of phenolic OH excluding ortho intramolecular Hbond substituents is 1. The van der Waals surface area contributed by atoms with Crippen molar-refractivity contribution < 1.29 is 9.90 Å². The molecule has 0 saturated heterocycles. The van der Waals surface area contributed by atoms with Crippen LogP contribution in [0.1, 0.15) is 39.7 Å². The average molecular weight is 378 g/mol. The zero-order chi connectivity index (χ0) is 20.4. The van der Waals surface area contributed by atoms with E-state index in [4.69, 9.17) is 0 Å². The summed E-state index contributed by atoms with van der Waals surface area (Å²) in [7, 11) is 0. The molecular formula is C21H22N4O3. The summed E-state index contributed by atoms with van der Waals surface area (Å²) in [6, 6.07) is 11.7. The molecule has 7 heteroatoms. The highest BCUT2D eigenvalue weighted by atomic mass is 16.3. The molecule has 0 radical (unpaired) electrons. The summed E-state index contributed by atoms with van der Waals surface area (Å²) < 4.78 is 1.47. The zero-order valence-corrected chi connectivity index (χ0v) is 16.2. The smallest absolute Gasteiger partial charge is 0.280 e. The van der Waals surface area contributed by atoms with Gasteiger partial charge in [0.1, 0.15) is 5.75 Å². The number of benzene rings is 2. The zero-order valence-electron chi connectivity index (χ0n) is 16.2. The second kappa shape index (κ2) is 7.56. The molecule has 0 saturated carbocycles. The van der Waals surface area contributed by atoms with Crippen LogP contribution in [0.25, 0.3) is 5.69 Å².